The average Bonchev–Trinajstić information content (AvgIpc) is 2.72. The van der Waals surface area contributed by atoms with Gasteiger partial charge in [0.05, 0.1) is 0 Å². The number of aromatic nitrogens is 1. The summed E-state index contributed by atoms with van der Waals surface area (Å²) in [6.45, 7) is 22.1. The van der Waals surface area contributed by atoms with Crippen LogP contribution in [0.5, 0.6) is 0 Å². The molecular formula is C22H43N. The quantitative estimate of drug-likeness (QED) is 0.476. The minimum absolute atomic E-state index is 1.32. The second-order valence-electron chi connectivity index (χ2n) is 2.68. The Bertz CT molecular complexity index is 276. The number of rotatable bonds is 0. The summed E-state index contributed by atoms with van der Waals surface area (Å²) in [4.78, 5) is 3.78. The number of aryl methyl sites for hydroxylation is 1. The van der Waals surface area contributed by atoms with E-state index in [1.165, 1.54) is 5.56 Å². The number of benzene rings is 1. The van der Waals surface area contributed by atoms with E-state index in [1.807, 2.05) is 106 Å². The lowest BCUT2D eigenvalue weighted by Gasteiger charge is -1.82. The molecule has 2 rings (SSSR count). The topological polar surface area (TPSA) is 12.9 Å². The van der Waals surface area contributed by atoms with E-state index in [-0.39, 0.29) is 0 Å². The Morgan fingerprint density at radius 1 is 0.478 bits per heavy atom. The highest BCUT2D eigenvalue weighted by molar-refractivity contribution is 5.11. The Kier molecular flexibility index (Phi) is 71.9. The number of hydrogen-bond donors (Lipinski definition) is 0. The maximum Gasteiger partial charge on any atom is 0.0267 e. The summed E-state index contributed by atoms with van der Waals surface area (Å²) < 4.78 is 0. The van der Waals surface area contributed by atoms with Gasteiger partial charge in [-0.2, -0.15) is 0 Å². The van der Waals surface area contributed by atoms with Gasteiger partial charge in [-0.3, -0.25) is 4.98 Å². The van der Waals surface area contributed by atoms with Gasteiger partial charge in [0, 0.05) is 12.4 Å². The van der Waals surface area contributed by atoms with Crippen molar-refractivity contribution in [2.75, 3.05) is 0 Å². The van der Waals surface area contributed by atoms with Gasteiger partial charge < -0.3 is 0 Å². The third-order valence-electron chi connectivity index (χ3n) is 1.51. The van der Waals surface area contributed by atoms with E-state index in [4.69, 9.17) is 0 Å². The Morgan fingerprint density at radius 2 is 0.783 bits per heavy atom. The lowest BCUT2D eigenvalue weighted by molar-refractivity contribution is 1.33. The molecule has 1 aromatic heterocycles. The molecule has 0 saturated heterocycles. The first-order valence-corrected chi connectivity index (χ1v) is 9.26. The first-order valence-electron chi connectivity index (χ1n) is 9.26. The molecular weight excluding hydrogens is 278 g/mol. The van der Waals surface area contributed by atoms with Crippen molar-refractivity contribution in [3.63, 3.8) is 0 Å². The van der Waals surface area contributed by atoms with Gasteiger partial charge in [0.15, 0.2) is 0 Å². The van der Waals surface area contributed by atoms with Gasteiger partial charge in [-0.15, -0.1) is 0 Å². The van der Waals surface area contributed by atoms with Crippen LogP contribution >= 0.6 is 0 Å². The van der Waals surface area contributed by atoms with Crippen LogP contribution in [-0.2, 0) is 0 Å². The normalized spacial score (nSPS) is 6.04. The van der Waals surface area contributed by atoms with Crippen molar-refractivity contribution < 1.29 is 0 Å². The standard InChI is InChI=1S/C7H8.C5H5N.5C2H6/c1-7-5-3-2-4-6-7;1-2-4-6-5-3-1;5*1-2/h2-6H,1H3;1-5H;5*1-2H3. The van der Waals surface area contributed by atoms with E-state index < -0.39 is 0 Å². The van der Waals surface area contributed by atoms with Gasteiger partial charge in [-0.25, -0.2) is 0 Å². The van der Waals surface area contributed by atoms with Crippen LogP contribution in [0, 0.1) is 6.92 Å². The van der Waals surface area contributed by atoms with Crippen molar-refractivity contribution in [2.45, 2.75) is 76.2 Å². The lowest BCUT2D eigenvalue weighted by atomic mass is 10.2. The molecule has 23 heavy (non-hydrogen) atoms. The summed E-state index contributed by atoms with van der Waals surface area (Å²) in [6.07, 6.45) is 3.50. The molecule has 0 spiro atoms. The molecule has 0 fully saturated rings. The van der Waals surface area contributed by atoms with Gasteiger partial charge in [-0.1, -0.05) is 111 Å². The van der Waals surface area contributed by atoms with Crippen molar-refractivity contribution in [3.05, 3.63) is 66.5 Å². The molecule has 0 amide bonds. The maximum absolute atomic E-state index is 3.78. The summed E-state index contributed by atoms with van der Waals surface area (Å²) in [5.74, 6) is 0. The first-order chi connectivity index (χ1) is 11.4. The molecule has 0 aliphatic heterocycles. The van der Waals surface area contributed by atoms with Gasteiger partial charge in [0.1, 0.15) is 0 Å². The van der Waals surface area contributed by atoms with Crippen LogP contribution in [0.15, 0.2) is 60.9 Å². The number of nitrogens with zero attached hydrogens (tertiary/aromatic N) is 1. The van der Waals surface area contributed by atoms with E-state index in [9.17, 15) is 0 Å². The molecule has 0 saturated carbocycles. The van der Waals surface area contributed by atoms with E-state index in [0.29, 0.717) is 0 Å². The summed E-state index contributed by atoms with van der Waals surface area (Å²) in [7, 11) is 0. The molecule has 0 bridgehead atoms. The highest BCUT2D eigenvalue weighted by Crippen LogP contribution is 1.92. The molecule has 0 N–H and O–H groups in total. The molecule has 1 heteroatoms. The minimum Gasteiger partial charge on any atom is -0.265 e. The van der Waals surface area contributed by atoms with Crippen molar-refractivity contribution >= 4 is 0 Å². The van der Waals surface area contributed by atoms with E-state index in [2.05, 4.69) is 24.0 Å². The average molecular weight is 322 g/mol. The smallest absolute Gasteiger partial charge is 0.0267 e. The van der Waals surface area contributed by atoms with Crippen molar-refractivity contribution in [1.82, 2.24) is 4.98 Å². The summed E-state index contributed by atoms with van der Waals surface area (Å²) >= 11 is 0. The van der Waals surface area contributed by atoms with Gasteiger partial charge in [0.25, 0.3) is 0 Å². The zero-order valence-electron chi connectivity index (χ0n) is 17.7. The van der Waals surface area contributed by atoms with Crippen LogP contribution in [0.3, 0.4) is 0 Å². The largest absolute Gasteiger partial charge is 0.265 e. The Hall–Kier alpha value is -1.63. The second-order valence-corrected chi connectivity index (χ2v) is 2.68. The molecule has 0 radical (unpaired) electrons. The zero-order chi connectivity index (χ0) is 19.4. The molecule has 0 aliphatic carbocycles. The molecule has 1 heterocycles. The molecule has 1 nitrogen and oxygen atoms in total. The fourth-order valence-corrected chi connectivity index (χ4v) is 0.847. The van der Waals surface area contributed by atoms with Crippen LogP contribution in [0.1, 0.15) is 74.8 Å². The van der Waals surface area contributed by atoms with Gasteiger partial charge >= 0.3 is 0 Å². The second kappa shape index (κ2) is 49.9. The maximum atomic E-state index is 3.78. The monoisotopic (exact) mass is 321 g/mol. The predicted octanol–water partition coefficient (Wildman–Crippen LogP) is 8.21. The number of hydrogen-bond acceptors (Lipinski definition) is 1. The summed E-state index contributed by atoms with van der Waals surface area (Å²) in [5.41, 5.74) is 1.32. The summed E-state index contributed by atoms with van der Waals surface area (Å²) in [5, 5.41) is 0. The summed E-state index contributed by atoms with van der Waals surface area (Å²) in [6, 6.07) is 16.0. The van der Waals surface area contributed by atoms with Gasteiger partial charge in [0.2, 0.25) is 0 Å². The fourth-order valence-electron chi connectivity index (χ4n) is 0.847. The van der Waals surface area contributed by atoms with Crippen LogP contribution < -0.4 is 0 Å². The van der Waals surface area contributed by atoms with E-state index in [1.54, 1.807) is 12.4 Å². The Balaban J connectivity index is -0.0000000617. The van der Waals surface area contributed by atoms with Crippen LogP contribution in [0.2, 0.25) is 0 Å². The SMILES string of the molecule is CC.CC.CC.CC.CC.Cc1ccccc1.c1ccncc1. The highest BCUT2D eigenvalue weighted by atomic mass is 14.6. The van der Waals surface area contributed by atoms with E-state index in [0.717, 1.165) is 0 Å². The predicted molar refractivity (Wildman–Crippen MR) is 112 cm³/mol. The fraction of sp³-hybridized carbons (Fsp3) is 0.500. The molecule has 136 valence electrons. The van der Waals surface area contributed by atoms with Crippen LogP contribution in [-0.4, -0.2) is 4.98 Å². The molecule has 0 unspecified atom stereocenters. The Morgan fingerprint density at radius 3 is 0.913 bits per heavy atom. The van der Waals surface area contributed by atoms with Crippen molar-refractivity contribution in [1.29, 1.82) is 0 Å². The molecule has 1 aromatic carbocycles. The third-order valence-corrected chi connectivity index (χ3v) is 1.51. The molecule has 0 atom stereocenters. The van der Waals surface area contributed by atoms with E-state index >= 15 is 0 Å². The third kappa shape index (κ3) is 44.9. The van der Waals surface area contributed by atoms with Crippen molar-refractivity contribution in [2.24, 2.45) is 0 Å². The molecule has 0 aliphatic rings. The van der Waals surface area contributed by atoms with Crippen molar-refractivity contribution in [3.8, 4) is 0 Å². The highest BCUT2D eigenvalue weighted by Gasteiger charge is 1.72. The number of pyridine rings is 1. The zero-order valence-corrected chi connectivity index (χ0v) is 17.7. The Labute approximate surface area is 148 Å². The lowest BCUT2D eigenvalue weighted by Crippen LogP contribution is -1.62. The molecule has 2 aromatic rings. The van der Waals surface area contributed by atoms with Crippen LogP contribution in [0.25, 0.3) is 0 Å². The first kappa shape index (κ1) is 33.1. The van der Waals surface area contributed by atoms with Gasteiger partial charge in [-0.05, 0) is 19.1 Å². The minimum atomic E-state index is 1.32. The van der Waals surface area contributed by atoms with Crippen LogP contribution in [0.4, 0.5) is 0 Å².